The second-order valence-corrected chi connectivity index (χ2v) is 5.36. The first kappa shape index (κ1) is 19.5. The van der Waals surface area contributed by atoms with Crippen LogP contribution in [0.3, 0.4) is 0 Å². The summed E-state index contributed by atoms with van der Waals surface area (Å²) in [5, 5.41) is 2.25. The Bertz CT molecular complexity index is 844. The number of rotatable bonds is 6. The summed E-state index contributed by atoms with van der Waals surface area (Å²) in [7, 11) is 1.38. The predicted octanol–water partition coefficient (Wildman–Crippen LogP) is 3.81. The number of anilines is 1. The Labute approximate surface area is 154 Å². The number of halogens is 2. The molecule has 0 spiro atoms. The average molecular weight is 383 g/mol. The molecule has 7 nitrogen and oxygen atoms in total. The number of methoxy groups -OCH3 is 1. The van der Waals surface area contributed by atoms with Gasteiger partial charge >= 0.3 is 5.97 Å². The first-order valence-electron chi connectivity index (χ1n) is 7.52. The van der Waals surface area contributed by atoms with E-state index in [1.165, 1.54) is 32.4 Å². The fraction of sp³-hybridized carbons (Fsp3) is 0.235. The first-order valence-corrected chi connectivity index (χ1v) is 7.89. The van der Waals surface area contributed by atoms with Gasteiger partial charge in [0, 0.05) is 25.3 Å². The van der Waals surface area contributed by atoms with Gasteiger partial charge in [0.05, 0.1) is 24.4 Å². The summed E-state index contributed by atoms with van der Waals surface area (Å²) in [6.45, 7) is 3.02. The maximum Gasteiger partial charge on any atom is 0.360 e. The first-order chi connectivity index (χ1) is 12.4. The third-order valence-electron chi connectivity index (χ3n) is 3.10. The van der Waals surface area contributed by atoms with Crippen LogP contribution in [-0.2, 0) is 9.53 Å². The van der Waals surface area contributed by atoms with E-state index in [2.05, 4.69) is 10.3 Å². The van der Waals surface area contributed by atoms with Gasteiger partial charge in [0.25, 0.3) is 0 Å². The van der Waals surface area contributed by atoms with E-state index in [0.29, 0.717) is 0 Å². The highest BCUT2D eigenvalue weighted by Gasteiger charge is 2.22. The summed E-state index contributed by atoms with van der Waals surface area (Å²) in [6.07, 6.45) is 1.35. The highest BCUT2D eigenvalue weighted by atomic mass is 35.5. The van der Waals surface area contributed by atoms with Crippen molar-refractivity contribution < 1.29 is 28.2 Å². The van der Waals surface area contributed by atoms with Crippen molar-refractivity contribution in [3.8, 4) is 17.2 Å². The molecular formula is C17H16ClFN2O5. The number of aromatic nitrogens is 1. The minimum absolute atomic E-state index is 0.00587. The molecule has 0 aliphatic carbocycles. The number of carbonyl (C=O) groups excluding carboxylic acids is 2. The van der Waals surface area contributed by atoms with E-state index in [0.717, 1.165) is 6.07 Å². The van der Waals surface area contributed by atoms with Gasteiger partial charge in [-0.3, -0.25) is 4.79 Å². The molecule has 1 heterocycles. The number of nitrogens with one attached hydrogen (secondary N) is 1. The zero-order chi connectivity index (χ0) is 19.3. The second kappa shape index (κ2) is 8.48. The molecule has 0 bridgehead atoms. The van der Waals surface area contributed by atoms with Gasteiger partial charge in [-0.15, -0.1) is 0 Å². The molecule has 0 radical (unpaired) electrons. The molecule has 26 heavy (non-hydrogen) atoms. The molecule has 0 saturated heterocycles. The number of hydrogen-bond acceptors (Lipinski definition) is 6. The van der Waals surface area contributed by atoms with Crippen molar-refractivity contribution in [3.63, 3.8) is 0 Å². The van der Waals surface area contributed by atoms with E-state index < -0.39 is 17.7 Å². The van der Waals surface area contributed by atoms with Gasteiger partial charge < -0.3 is 19.5 Å². The van der Waals surface area contributed by atoms with Crippen molar-refractivity contribution in [1.29, 1.82) is 0 Å². The SMILES string of the molecule is CCOC(=O)c1nccc(OC)c1Oc1cc(NC(C)=O)c(F)cc1Cl. The second-order valence-electron chi connectivity index (χ2n) is 4.96. The molecule has 1 amide bonds. The lowest BCUT2D eigenvalue weighted by Gasteiger charge is -2.15. The van der Waals surface area contributed by atoms with Gasteiger partial charge in [-0.25, -0.2) is 14.2 Å². The van der Waals surface area contributed by atoms with Crippen LogP contribution in [0.15, 0.2) is 24.4 Å². The summed E-state index contributed by atoms with van der Waals surface area (Å²) >= 11 is 6.02. The smallest absolute Gasteiger partial charge is 0.360 e. The van der Waals surface area contributed by atoms with Gasteiger partial charge in [-0.1, -0.05) is 11.6 Å². The fourth-order valence-electron chi connectivity index (χ4n) is 2.04. The summed E-state index contributed by atoms with van der Waals surface area (Å²) in [5.41, 5.74) is -0.259. The van der Waals surface area contributed by atoms with Crippen LogP contribution in [-0.4, -0.2) is 30.6 Å². The zero-order valence-corrected chi connectivity index (χ0v) is 15.0. The Hall–Kier alpha value is -2.87. The van der Waals surface area contributed by atoms with Crippen molar-refractivity contribution >= 4 is 29.2 Å². The molecule has 0 saturated carbocycles. The van der Waals surface area contributed by atoms with Crippen LogP contribution in [0.25, 0.3) is 0 Å². The number of esters is 1. The molecule has 0 unspecified atom stereocenters. The molecule has 0 fully saturated rings. The van der Waals surface area contributed by atoms with Crippen molar-refractivity contribution in [2.75, 3.05) is 19.0 Å². The lowest BCUT2D eigenvalue weighted by Crippen LogP contribution is -2.10. The standard InChI is InChI=1S/C17H16ClFN2O5/c1-4-25-17(23)15-16(13(24-3)5-6-20-15)26-14-8-12(21-9(2)22)11(19)7-10(14)18/h5-8H,4H2,1-3H3,(H,21,22). The molecule has 0 atom stereocenters. The van der Waals surface area contributed by atoms with Crippen LogP contribution in [0.2, 0.25) is 5.02 Å². The molecule has 2 rings (SSSR count). The van der Waals surface area contributed by atoms with Gasteiger partial charge in [0.15, 0.2) is 11.4 Å². The highest BCUT2D eigenvalue weighted by molar-refractivity contribution is 6.32. The Balaban J connectivity index is 2.50. The Morgan fingerprint density at radius 3 is 2.65 bits per heavy atom. The van der Waals surface area contributed by atoms with Crippen molar-refractivity contribution in [3.05, 3.63) is 40.9 Å². The quantitative estimate of drug-likeness (QED) is 0.764. The molecular weight excluding hydrogens is 367 g/mol. The molecule has 1 N–H and O–H groups in total. The van der Waals surface area contributed by atoms with Gasteiger partial charge in [-0.2, -0.15) is 0 Å². The number of pyridine rings is 1. The van der Waals surface area contributed by atoms with Crippen molar-refractivity contribution in [2.45, 2.75) is 13.8 Å². The Morgan fingerprint density at radius 2 is 2.04 bits per heavy atom. The van der Waals surface area contributed by atoms with Gasteiger partial charge in [-0.05, 0) is 13.0 Å². The number of amides is 1. The minimum Gasteiger partial charge on any atom is -0.493 e. The normalized spacial score (nSPS) is 10.2. The summed E-state index contributed by atoms with van der Waals surface area (Å²) in [6, 6.07) is 3.65. The van der Waals surface area contributed by atoms with E-state index in [-0.39, 0.29) is 40.3 Å². The lowest BCUT2D eigenvalue weighted by molar-refractivity contribution is -0.114. The molecule has 0 aliphatic heterocycles. The van der Waals surface area contributed by atoms with E-state index >= 15 is 0 Å². The maximum absolute atomic E-state index is 13.9. The predicted molar refractivity (Wildman–Crippen MR) is 92.5 cm³/mol. The van der Waals surface area contributed by atoms with Crippen molar-refractivity contribution in [2.24, 2.45) is 0 Å². The van der Waals surface area contributed by atoms with Crippen molar-refractivity contribution in [1.82, 2.24) is 4.98 Å². The molecule has 2 aromatic rings. The number of hydrogen-bond donors (Lipinski definition) is 1. The highest BCUT2D eigenvalue weighted by Crippen LogP contribution is 2.39. The van der Waals surface area contributed by atoms with E-state index in [9.17, 15) is 14.0 Å². The van der Waals surface area contributed by atoms with E-state index in [1.54, 1.807) is 6.92 Å². The van der Waals surface area contributed by atoms with Gasteiger partial charge in [0.1, 0.15) is 11.6 Å². The Morgan fingerprint density at radius 1 is 1.31 bits per heavy atom. The topological polar surface area (TPSA) is 86.8 Å². The molecule has 0 aliphatic rings. The largest absolute Gasteiger partial charge is 0.493 e. The number of benzene rings is 1. The van der Waals surface area contributed by atoms with Crippen LogP contribution in [0.1, 0.15) is 24.3 Å². The number of carbonyl (C=O) groups is 2. The van der Waals surface area contributed by atoms with E-state index in [4.69, 9.17) is 25.8 Å². The zero-order valence-electron chi connectivity index (χ0n) is 14.3. The van der Waals surface area contributed by atoms with Gasteiger partial charge in [0.2, 0.25) is 11.7 Å². The van der Waals surface area contributed by atoms with E-state index in [1.807, 2.05) is 0 Å². The average Bonchev–Trinajstić information content (AvgIpc) is 2.59. The van der Waals surface area contributed by atoms with Crippen LogP contribution < -0.4 is 14.8 Å². The molecule has 138 valence electrons. The summed E-state index contributed by atoms with van der Waals surface area (Å²) < 4.78 is 29.7. The number of nitrogens with zero attached hydrogens (tertiary/aromatic N) is 1. The third-order valence-corrected chi connectivity index (χ3v) is 3.40. The van der Waals surface area contributed by atoms with Crippen LogP contribution in [0.4, 0.5) is 10.1 Å². The summed E-state index contributed by atoms with van der Waals surface area (Å²) in [5.74, 6) is -1.78. The third kappa shape index (κ3) is 4.40. The van der Waals surface area contributed by atoms with Crippen LogP contribution >= 0.6 is 11.6 Å². The molecule has 1 aromatic heterocycles. The van der Waals surface area contributed by atoms with Crippen LogP contribution in [0, 0.1) is 5.82 Å². The lowest BCUT2D eigenvalue weighted by atomic mass is 10.2. The Kier molecular flexibility index (Phi) is 6.35. The molecule has 9 heteroatoms. The summed E-state index contributed by atoms with van der Waals surface area (Å²) in [4.78, 5) is 27.3. The molecule has 1 aromatic carbocycles. The number of ether oxygens (including phenoxy) is 3. The maximum atomic E-state index is 13.9. The fourth-order valence-corrected chi connectivity index (χ4v) is 2.23. The minimum atomic E-state index is -0.735. The monoisotopic (exact) mass is 382 g/mol. The van der Waals surface area contributed by atoms with Crippen LogP contribution in [0.5, 0.6) is 17.2 Å².